The summed E-state index contributed by atoms with van der Waals surface area (Å²) in [7, 11) is 0. The molecule has 1 amide bonds. The van der Waals surface area contributed by atoms with Crippen LogP contribution >= 0.6 is 23.2 Å². The van der Waals surface area contributed by atoms with Crippen LogP contribution in [0.25, 0.3) is 10.9 Å². The molecule has 3 heterocycles. The van der Waals surface area contributed by atoms with E-state index in [9.17, 15) is 9.18 Å². The molecule has 7 heteroatoms. The molecule has 1 spiro atoms. The standard InChI is InChI=1S/C19H14Cl2FN3O/c1-8-4-11-10-6-14(22)13(21)7-16(10)23-17(11)19(25-8)12-5-9(20)2-3-15(12)24-18(19)26/h2-3,5-8,23,25H,4H2,1H3,(H,24,26)/t8?,19-/m1/s1. The van der Waals surface area contributed by atoms with Crippen molar-refractivity contribution >= 4 is 45.7 Å². The highest BCUT2D eigenvalue weighted by Gasteiger charge is 2.53. The monoisotopic (exact) mass is 389 g/mol. The van der Waals surface area contributed by atoms with Crippen LogP contribution in [0, 0.1) is 5.82 Å². The molecule has 5 rings (SSSR count). The molecule has 0 saturated heterocycles. The van der Waals surface area contributed by atoms with E-state index in [1.165, 1.54) is 6.07 Å². The molecule has 3 aromatic rings. The Bertz CT molecular complexity index is 1110. The van der Waals surface area contributed by atoms with Crippen LogP contribution in [0.2, 0.25) is 10.0 Å². The minimum Gasteiger partial charge on any atom is -0.356 e. The van der Waals surface area contributed by atoms with Crippen LogP contribution in [0.5, 0.6) is 0 Å². The lowest BCUT2D eigenvalue weighted by atomic mass is 9.80. The number of aromatic amines is 1. The van der Waals surface area contributed by atoms with Crippen molar-refractivity contribution in [3.8, 4) is 0 Å². The summed E-state index contributed by atoms with van der Waals surface area (Å²) in [5.74, 6) is -0.652. The molecule has 0 bridgehead atoms. The van der Waals surface area contributed by atoms with E-state index in [-0.39, 0.29) is 17.0 Å². The number of hydrogen-bond donors (Lipinski definition) is 3. The van der Waals surface area contributed by atoms with Crippen molar-refractivity contribution in [2.75, 3.05) is 5.32 Å². The molecule has 3 N–H and O–H groups in total. The van der Waals surface area contributed by atoms with Gasteiger partial charge in [0.15, 0.2) is 5.54 Å². The molecule has 1 aromatic heterocycles. The zero-order valence-electron chi connectivity index (χ0n) is 13.7. The van der Waals surface area contributed by atoms with Crippen molar-refractivity contribution in [2.24, 2.45) is 0 Å². The fourth-order valence-electron chi connectivity index (χ4n) is 4.24. The summed E-state index contributed by atoms with van der Waals surface area (Å²) in [6.07, 6.45) is 0.668. The predicted molar refractivity (Wildman–Crippen MR) is 100 cm³/mol. The van der Waals surface area contributed by atoms with Gasteiger partial charge in [-0.2, -0.15) is 0 Å². The average Bonchev–Trinajstić information content (AvgIpc) is 3.06. The molecule has 0 saturated carbocycles. The highest BCUT2D eigenvalue weighted by atomic mass is 35.5. The van der Waals surface area contributed by atoms with E-state index in [0.29, 0.717) is 22.7 Å². The number of carbonyl (C=O) groups is 1. The van der Waals surface area contributed by atoms with E-state index in [4.69, 9.17) is 23.2 Å². The second-order valence-corrected chi connectivity index (χ2v) is 7.78. The van der Waals surface area contributed by atoms with Gasteiger partial charge in [0.1, 0.15) is 5.82 Å². The lowest BCUT2D eigenvalue weighted by Gasteiger charge is -2.37. The first-order valence-corrected chi connectivity index (χ1v) is 9.05. The maximum atomic E-state index is 14.1. The minimum atomic E-state index is -1.09. The van der Waals surface area contributed by atoms with Gasteiger partial charge in [0, 0.05) is 33.2 Å². The van der Waals surface area contributed by atoms with Gasteiger partial charge in [0.2, 0.25) is 0 Å². The molecule has 0 fully saturated rings. The summed E-state index contributed by atoms with van der Waals surface area (Å²) in [5, 5.41) is 7.72. The third-order valence-electron chi connectivity index (χ3n) is 5.27. The van der Waals surface area contributed by atoms with E-state index in [1.54, 1.807) is 24.3 Å². The molecular formula is C19H14Cl2FN3O. The molecule has 2 aliphatic rings. The van der Waals surface area contributed by atoms with Gasteiger partial charge in [0.25, 0.3) is 5.91 Å². The maximum Gasteiger partial charge on any atom is 0.255 e. The largest absolute Gasteiger partial charge is 0.356 e. The van der Waals surface area contributed by atoms with Crippen LogP contribution in [0.15, 0.2) is 30.3 Å². The Hall–Kier alpha value is -2.08. The van der Waals surface area contributed by atoms with Gasteiger partial charge < -0.3 is 10.3 Å². The first-order valence-electron chi connectivity index (χ1n) is 8.29. The Morgan fingerprint density at radius 2 is 2.04 bits per heavy atom. The Morgan fingerprint density at radius 3 is 2.85 bits per heavy atom. The van der Waals surface area contributed by atoms with Gasteiger partial charge in [0.05, 0.1) is 10.7 Å². The van der Waals surface area contributed by atoms with Crippen LogP contribution in [-0.4, -0.2) is 16.9 Å². The van der Waals surface area contributed by atoms with Crippen molar-refractivity contribution in [3.63, 3.8) is 0 Å². The second-order valence-electron chi connectivity index (χ2n) is 6.93. The Balaban J connectivity index is 1.87. The average molecular weight is 390 g/mol. The van der Waals surface area contributed by atoms with Crippen molar-refractivity contribution in [3.05, 3.63) is 63.0 Å². The van der Waals surface area contributed by atoms with E-state index in [1.807, 2.05) is 6.92 Å². The third kappa shape index (κ3) is 1.96. The number of hydrogen-bond acceptors (Lipinski definition) is 2. The molecular weight excluding hydrogens is 376 g/mol. The quantitative estimate of drug-likeness (QED) is 0.535. The van der Waals surface area contributed by atoms with Gasteiger partial charge in [-0.25, -0.2) is 4.39 Å². The molecule has 4 nitrogen and oxygen atoms in total. The van der Waals surface area contributed by atoms with Crippen LogP contribution in [-0.2, 0) is 16.8 Å². The van der Waals surface area contributed by atoms with Crippen LogP contribution < -0.4 is 10.6 Å². The van der Waals surface area contributed by atoms with Crippen LogP contribution in [0.3, 0.4) is 0 Å². The molecule has 26 heavy (non-hydrogen) atoms. The molecule has 0 aliphatic carbocycles. The van der Waals surface area contributed by atoms with E-state index < -0.39 is 11.4 Å². The van der Waals surface area contributed by atoms with Crippen molar-refractivity contribution < 1.29 is 9.18 Å². The van der Waals surface area contributed by atoms with Crippen LogP contribution in [0.1, 0.15) is 23.7 Å². The summed E-state index contributed by atoms with van der Waals surface area (Å²) in [4.78, 5) is 16.4. The number of amides is 1. The topological polar surface area (TPSA) is 56.9 Å². The lowest BCUT2D eigenvalue weighted by Crippen LogP contribution is -2.56. The third-order valence-corrected chi connectivity index (χ3v) is 5.79. The Kier molecular flexibility index (Phi) is 3.24. The highest BCUT2D eigenvalue weighted by molar-refractivity contribution is 6.31. The normalized spacial score (nSPS) is 24.0. The fraction of sp³-hybridized carbons (Fsp3) is 0.211. The first-order chi connectivity index (χ1) is 12.4. The van der Waals surface area contributed by atoms with E-state index in [2.05, 4.69) is 15.6 Å². The Morgan fingerprint density at radius 1 is 1.23 bits per heavy atom. The summed E-state index contributed by atoms with van der Waals surface area (Å²) < 4.78 is 14.1. The zero-order valence-corrected chi connectivity index (χ0v) is 15.2. The predicted octanol–water partition coefficient (Wildman–Crippen LogP) is 4.34. The number of fused-ring (bicyclic) bond motifs is 6. The van der Waals surface area contributed by atoms with Gasteiger partial charge in [-0.15, -0.1) is 0 Å². The molecule has 0 radical (unpaired) electrons. The van der Waals surface area contributed by atoms with Gasteiger partial charge in [-0.05, 0) is 49.2 Å². The number of benzene rings is 2. The smallest absolute Gasteiger partial charge is 0.255 e. The summed E-state index contributed by atoms with van der Waals surface area (Å²) in [6.45, 7) is 2.01. The number of carbonyl (C=O) groups excluding carboxylic acids is 1. The second kappa shape index (κ2) is 5.22. The van der Waals surface area contributed by atoms with Crippen LogP contribution in [0.4, 0.5) is 10.1 Å². The molecule has 132 valence electrons. The highest BCUT2D eigenvalue weighted by Crippen LogP contribution is 2.47. The molecule has 2 aromatic carbocycles. The summed E-state index contributed by atoms with van der Waals surface area (Å²) >= 11 is 12.2. The zero-order chi connectivity index (χ0) is 18.2. The molecule has 2 atom stereocenters. The van der Waals surface area contributed by atoms with Gasteiger partial charge in [-0.1, -0.05) is 23.2 Å². The van der Waals surface area contributed by atoms with Crippen molar-refractivity contribution in [1.29, 1.82) is 0 Å². The molecule has 2 aliphatic heterocycles. The molecule has 1 unspecified atom stereocenters. The van der Waals surface area contributed by atoms with Crippen molar-refractivity contribution in [2.45, 2.75) is 24.9 Å². The number of H-pyrrole nitrogens is 1. The fourth-order valence-corrected chi connectivity index (χ4v) is 4.58. The number of aromatic nitrogens is 1. The van der Waals surface area contributed by atoms with Gasteiger partial charge >= 0.3 is 0 Å². The number of nitrogens with one attached hydrogen (secondary N) is 3. The van der Waals surface area contributed by atoms with Crippen molar-refractivity contribution in [1.82, 2.24) is 10.3 Å². The number of rotatable bonds is 0. The number of anilines is 1. The summed E-state index contributed by atoms with van der Waals surface area (Å²) in [6, 6.07) is 8.34. The maximum absolute atomic E-state index is 14.1. The number of halogens is 3. The van der Waals surface area contributed by atoms with E-state index >= 15 is 0 Å². The van der Waals surface area contributed by atoms with Gasteiger partial charge in [-0.3, -0.25) is 10.1 Å². The Labute approximate surface area is 158 Å². The first kappa shape index (κ1) is 16.1. The SMILES string of the molecule is CC1Cc2c([nH]c3cc(Cl)c(F)cc23)[C@@]2(N1)C(=O)Nc1ccc(Cl)cc12. The minimum absolute atomic E-state index is 0.0101. The lowest BCUT2D eigenvalue weighted by molar-refractivity contribution is -0.121. The van der Waals surface area contributed by atoms with E-state index in [0.717, 1.165) is 22.2 Å². The summed E-state index contributed by atoms with van der Waals surface area (Å²) in [5.41, 5.74) is 2.74.